The normalized spacial score (nSPS) is 10.5. The van der Waals surface area contributed by atoms with Crippen molar-refractivity contribution in [1.29, 1.82) is 0 Å². The van der Waals surface area contributed by atoms with Gasteiger partial charge < -0.3 is 5.32 Å². The Morgan fingerprint density at radius 2 is 2.00 bits per heavy atom. The van der Waals surface area contributed by atoms with E-state index in [-0.39, 0.29) is 24.0 Å². The molecule has 3 N–H and O–H groups in total. The molecule has 0 aliphatic rings. The van der Waals surface area contributed by atoms with Crippen LogP contribution in [0.5, 0.6) is 0 Å². The number of fused-ring (bicyclic) bond motifs is 1. The van der Waals surface area contributed by atoms with Crippen molar-refractivity contribution in [2.75, 3.05) is 12.0 Å². The number of hydrogen-bond donors (Lipinski definition) is 3. The van der Waals surface area contributed by atoms with E-state index < -0.39 is 5.91 Å². The summed E-state index contributed by atoms with van der Waals surface area (Å²) < 4.78 is 1.42. The third-order valence-corrected chi connectivity index (χ3v) is 4.51. The molecule has 0 atom stereocenters. The summed E-state index contributed by atoms with van der Waals surface area (Å²) in [6.07, 6.45) is 0. The Bertz CT molecular complexity index is 997. The van der Waals surface area contributed by atoms with E-state index in [1.807, 2.05) is 6.92 Å². The average Bonchev–Trinajstić information content (AvgIpc) is 3.19. The van der Waals surface area contributed by atoms with Crippen LogP contribution < -0.4 is 21.7 Å². The third kappa shape index (κ3) is 3.72. The monoisotopic (exact) mass is 371 g/mol. The van der Waals surface area contributed by atoms with Gasteiger partial charge in [-0.3, -0.25) is 29.8 Å². The average molecular weight is 371 g/mol. The summed E-state index contributed by atoms with van der Waals surface area (Å²) in [6, 6.07) is 10.4. The van der Waals surface area contributed by atoms with Crippen LogP contribution in [0.4, 0.5) is 5.95 Å². The number of thiophene rings is 1. The maximum atomic E-state index is 12.5. The van der Waals surface area contributed by atoms with Gasteiger partial charge in [-0.25, -0.2) is 4.98 Å². The second-order valence-corrected chi connectivity index (χ2v) is 6.28. The van der Waals surface area contributed by atoms with Crippen molar-refractivity contribution in [2.45, 2.75) is 13.5 Å². The van der Waals surface area contributed by atoms with Gasteiger partial charge in [-0.05, 0) is 30.5 Å². The van der Waals surface area contributed by atoms with Gasteiger partial charge in [0, 0.05) is 6.54 Å². The Kier molecular flexibility index (Phi) is 5.28. The van der Waals surface area contributed by atoms with Crippen LogP contribution in [0, 0.1) is 0 Å². The molecule has 0 aliphatic heterocycles. The molecule has 0 fully saturated rings. The number of amides is 2. The number of anilines is 1. The van der Waals surface area contributed by atoms with Crippen LogP contribution in [0.3, 0.4) is 0 Å². The summed E-state index contributed by atoms with van der Waals surface area (Å²) in [5.74, 6) is -0.543. The zero-order valence-electron chi connectivity index (χ0n) is 14.0. The molecule has 1 aromatic carbocycles. The molecule has 0 unspecified atom stereocenters. The van der Waals surface area contributed by atoms with Crippen LogP contribution >= 0.6 is 11.3 Å². The van der Waals surface area contributed by atoms with Gasteiger partial charge in [0.15, 0.2) is 0 Å². The molecule has 0 radical (unpaired) electrons. The van der Waals surface area contributed by atoms with Crippen molar-refractivity contribution in [2.24, 2.45) is 0 Å². The highest BCUT2D eigenvalue weighted by Crippen LogP contribution is 2.10. The van der Waals surface area contributed by atoms with Crippen molar-refractivity contribution in [3.8, 4) is 0 Å². The minimum atomic E-state index is -0.458. The Morgan fingerprint density at radius 1 is 1.19 bits per heavy atom. The highest BCUT2D eigenvalue weighted by Gasteiger charge is 2.11. The number of para-hydroxylation sites is 1. The number of hydrogen-bond acceptors (Lipinski definition) is 6. The smallest absolute Gasteiger partial charge is 0.262 e. The Labute approximate surface area is 152 Å². The molecule has 2 heterocycles. The Balaban J connectivity index is 1.66. The summed E-state index contributed by atoms with van der Waals surface area (Å²) in [5.41, 5.74) is 5.44. The van der Waals surface area contributed by atoms with Gasteiger partial charge in [0.1, 0.15) is 0 Å². The predicted octanol–water partition coefficient (Wildman–Crippen LogP) is 1.35. The number of benzene rings is 1. The van der Waals surface area contributed by atoms with E-state index in [0.29, 0.717) is 22.3 Å². The predicted molar refractivity (Wildman–Crippen MR) is 100 cm³/mol. The second kappa shape index (κ2) is 7.79. The summed E-state index contributed by atoms with van der Waals surface area (Å²) in [5, 5.41) is 4.81. The lowest BCUT2D eigenvalue weighted by Crippen LogP contribution is -2.40. The van der Waals surface area contributed by atoms with Crippen LogP contribution in [-0.4, -0.2) is 27.9 Å². The zero-order chi connectivity index (χ0) is 18.5. The molecule has 0 aliphatic carbocycles. The number of nitrogens with one attached hydrogen (secondary N) is 3. The second-order valence-electron chi connectivity index (χ2n) is 5.34. The van der Waals surface area contributed by atoms with E-state index >= 15 is 0 Å². The standard InChI is InChI=1S/C17H17N5O3S/c1-2-22-16(25)11-6-3-4-7-12(11)19-17(22)21-20-14(23)10-18-15(24)13-8-5-9-26-13/h3-9H,2,10H2,1H3,(H,18,24)(H,19,21)(H,20,23). The molecule has 134 valence electrons. The molecule has 0 saturated carbocycles. The van der Waals surface area contributed by atoms with E-state index in [1.54, 1.807) is 41.8 Å². The largest absolute Gasteiger partial charge is 0.342 e. The first-order valence-electron chi connectivity index (χ1n) is 7.96. The summed E-state index contributed by atoms with van der Waals surface area (Å²) >= 11 is 1.29. The SMILES string of the molecule is CCn1c(NNC(=O)CNC(=O)c2cccs2)nc2ccccc2c1=O. The number of carbonyl (C=O) groups excluding carboxylic acids is 2. The maximum absolute atomic E-state index is 12.5. The van der Waals surface area contributed by atoms with Gasteiger partial charge >= 0.3 is 0 Å². The van der Waals surface area contributed by atoms with Crippen LogP contribution in [0.25, 0.3) is 10.9 Å². The molecule has 26 heavy (non-hydrogen) atoms. The van der Waals surface area contributed by atoms with E-state index in [2.05, 4.69) is 21.2 Å². The fourth-order valence-electron chi connectivity index (χ4n) is 2.38. The first-order valence-corrected chi connectivity index (χ1v) is 8.84. The highest BCUT2D eigenvalue weighted by atomic mass is 32.1. The number of rotatable bonds is 6. The lowest BCUT2D eigenvalue weighted by molar-refractivity contribution is -0.119. The minimum absolute atomic E-state index is 0.194. The lowest BCUT2D eigenvalue weighted by atomic mass is 10.2. The van der Waals surface area contributed by atoms with E-state index in [4.69, 9.17) is 0 Å². The summed E-state index contributed by atoms with van der Waals surface area (Å²) in [7, 11) is 0. The molecular formula is C17H17N5O3S. The fourth-order valence-corrected chi connectivity index (χ4v) is 3.02. The lowest BCUT2D eigenvalue weighted by Gasteiger charge is -2.14. The van der Waals surface area contributed by atoms with Crippen molar-refractivity contribution in [1.82, 2.24) is 20.3 Å². The van der Waals surface area contributed by atoms with Gasteiger partial charge in [0.25, 0.3) is 17.4 Å². The van der Waals surface area contributed by atoms with Crippen LogP contribution in [0.1, 0.15) is 16.6 Å². The van der Waals surface area contributed by atoms with Crippen molar-refractivity contribution in [3.05, 3.63) is 57.0 Å². The van der Waals surface area contributed by atoms with Crippen molar-refractivity contribution < 1.29 is 9.59 Å². The highest BCUT2D eigenvalue weighted by molar-refractivity contribution is 7.12. The first kappa shape index (κ1) is 17.6. The van der Waals surface area contributed by atoms with E-state index in [1.165, 1.54) is 15.9 Å². The zero-order valence-corrected chi connectivity index (χ0v) is 14.8. The molecule has 9 heteroatoms. The van der Waals surface area contributed by atoms with Crippen LogP contribution in [0.15, 0.2) is 46.6 Å². The molecular weight excluding hydrogens is 354 g/mol. The number of hydrazine groups is 1. The molecule has 2 aromatic heterocycles. The van der Waals surface area contributed by atoms with Gasteiger partial charge in [0.05, 0.1) is 22.3 Å². The van der Waals surface area contributed by atoms with Gasteiger partial charge in [-0.15, -0.1) is 11.3 Å². The van der Waals surface area contributed by atoms with Crippen LogP contribution in [0.2, 0.25) is 0 Å². The number of nitrogens with zero attached hydrogens (tertiary/aromatic N) is 2. The molecule has 8 nitrogen and oxygen atoms in total. The number of carbonyl (C=O) groups is 2. The molecule has 0 saturated heterocycles. The molecule has 3 aromatic rings. The Morgan fingerprint density at radius 3 is 2.73 bits per heavy atom. The van der Waals surface area contributed by atoms with Gasteiger partial charge in [-0.2, -0.15) is 0 Å². The van der Waals surface area contributed by atoms with Crippen LogP contribution in [-0.2, 0) is 11.3 Å². The summed E-state index contributed by atoms with van der Waals surface area (Å²) in [6.45, 7) is 2.00. The summed E-state index contributed by atoms with van der Waals surface area (Å²) in [4.78, 5) is 41.1. The maximum Gasteiger partial charge on any atom is 0.262 e. The quantitative estimate of drug-likeness (QED) is 0.567. The molecule has 0 bridgehead atoms. The topological polar surface area (TPSA) is 105 Å². The fraction of sp³-hybridized carbons (Fsp3) is 0.176. The van der Waals surface area contributed by atoms with E-state index in [0.717, 1.165) is 0 Å². The van der Waals surface area contributed by atoms with Gasteiger partial charge in [-0.1, -0.05) is 18.2 Å². The number of aromatic nitrogens is 2. The molecule has 2 amide bonds. The minimum Gasteiger partial charge on any atom is -0.342 e. The first-order chi connectivity index (χ1) is 12.6. The van der Waals surface area contributed by atoms with Crippen molar-refractivity contribution in [3.63, 3.8) is 0 Å². The van der Waals surface area contributed by atoms with Gasteiger partial charge in [0.2, 0.25) is 5.95 Å². The molecule has 3 rings (SSSR count). The third-order valence-electron chi connectivity index (χ3n) is 3.65. The van der Waals surface area contributed by atoms with E-state index in [9.17, 15) is 14.4 Å². The molecule has 0 spiro atoms. The van der Waals surface area contributed by atoms with Crippen molar-refractivity contribution >= 4 is 40.0 Å². The Hall–Kier alpha value is -3.20.